The molecule has 106 valence electrons. The van der Waals surface area contributed by atoms with Gasteiger partial charge in [-0.05, 0) is 24.5 Å². The molecule has 0 saturated heterocycles. The first-order valence-electron chi connectivity index (χ1n) is 7.08. The number of carbonyl (C=O) groups excluding carboxylic acids is 1. The molecule has 0 aliphatic heterocycles. The first-order valence-corrected chi connectivity index (χ1v) is 8.13. The Labute approximate surface area is 122 Å². The Morgan fingerprint density at radius 2 is 1.79 bits per heavy atom. The minimum absolute atomic E-state index is 0.000375. The maximum absolute atomic E-state index is 12.7. The van der Waals surface area contributed by atoms with Crippen molar-refractivity contribution in [3.8, 4) is 0 Å². The zero-order valence-corrected chi connectivity index (χ0v) is 13.6. The number of rotatable bonds is 6. The van der Waals surface area contributed by atoms with Gasteiger partial charge in [0.15, 0.2) is 5.78 Å². The van der Waals surface area contributed by atoms with Crippen LogP contribution in [0.25, 0.3) is 0 Å². The second-order valence-electron chi connectivity index (χ2n) is 6.20. The molecule has 0 N–H and O–H groups in total. The Morgan fingerprint density at radius 3 is 2.26 bits per heavy atom. The number of Topliss-reactive ketones (excluding diaryl/α,β-unsaturated/α-hetero) is 1. The van der Waals surface area contributed by atoms with Gasteiger partial charge in [-0.1, -0.05) is 63.9 Å². The fraction of sp³-hybridized carbons (Fsp3) is 0.588. The van der Waals surface area contributed by atoms with E-state index in [4.69, 9.17) is 0 Å². The Balaban J connectivity index is 2.85. The van der Waals surface area contributed by atoms with Gasteiger partial charge in [-0.3, -0.25) is 4.79 Å². The van der Waals surface area contributed by atoms with Crippen LogP contribution in [0.2, 0.25) is 0 Å². The second-order valence-corrected chi connectivity index (χ2v) is 7.41. The number of ketones is 1. The van der Waals surface area contributed by atoms with Crippen LogP contribution in [-0.4, -0.2) is 16.8 Å². The standard InChI is InChI=1S/C17H26OS/c1-6-7-12-19-16(17(3,4)5)15(18)14-10-8-13(2)9-11-14/h8-11,16H,6-7,12H2,1-5H3. The SMILES string of the molecule is CCCCSC(C(=O)c1ccc(C)cc1)C(C)(C)C. The van der Waals surface area contributed by atoms with Crippen LogP contribution in [0, 0.1) is 12.3 Å². The van der Waals surface area contributed by atoms with Gasteiger partial charge in [0.1, 0.15) is 0 Å². The highest BCUT2D eigenvalue weighted by atomic mass is 32.2. The Bertz CT molecular complexity index is 400. The third-order valence-corrected chi connectivity index (χ3v) is 4.92. The van der Waals surface area contributed by atoms with Crippen molar-refractivity contribution in [2.45, 2.75) is 52.7 Å². The Kier molecular flexibility index (Phi) is 6.12. The number of hydrogen-bond donors (Lipinski definition) is 0. The molecule has 0 bridgehead atoms. The summed E-state index contributed by atoms with van der Waals surface area (Å²) < 4.78 is 0. The number of hydrogen-bond acceptors (Lipinski definition) is 2. The van der Waals surface area contributed by atoms with Gasteiger partial charge in [0.25, 0.3) is 0 Å². The molecule has 2 heteroatoms. The van der Waals surface area contributed by atoms with Crippen LogP contribution < -0.4 is 0 Å². The number of thioether (sulfide) groups is 1. The smallest absolute Gasteiger partial charge is 0.176 e. The summed E-state index contributed by atoms with van der Waals surface area (Å²) in [5, 5.41) is 0.0433. The molecule has 1 unspecified atom stereocenters. The normalized spacial score (nSPS) is 13.3. The molecule has 1 rings (SSSR count). The first kappa shape index (κ1) is 16.3. The summed E-state index contributed by atoms with van der Waals surface area (Å²) in [6.45, 7) is 10.7. The first-order chi connectivity index (χ1) is 8.86. The van der Waals surface area contributed by atoms with Crippen LogP contribution in [0.1, 0.15) is 56.5 Å². The molecule has 0 heterocycles. The van der Waals surface area contributed by atoms with E-state index in [1.165, 1.54) is 18.4 Å². The molecule has 0 aliphatic carbocycles. The zero-order chi connectivity index (χ0) is 14.5. The van der Waals surface area contributed by atoms with Gasteiger partial charge >= 0.3 is 0 Å². The van der Waals surface area contributed by atoms with Crippen molar-refractivity contribution in [2.75, 3.05) is 5.75 Å². The molecule has 0 aromatic heterocycles. The highest BCUT2D eigenvalue weighted by molar-refractivity contribution is 8.00. The quantitative estimate of drug-likeness (QED) is 0.530. The fourth-order valence-electron chi connectivity index (χ4n) is 1.93. The van der Waals surface area contributed by atoms with Gasteiger partial charge in [-0.25, -0.2) is 0 Å². The summed E-state index contributed by atoms with van der Waals surface area (Å²) in [6, 6.07) is 7.95. The maximum Gasteiger partial charge on any atom is 0.176 e. The van der Waals surface area contributed by atoms with Crippen LogP contribution in [0.5, 0.6) is 0 Å². The third-order valence-electron chi connectivity index (χ3n) is 3.14. The molecule has 0 spiro atoms. The average molecular weight is 278 g/mol. The van der Waals surface area contributed by atoms with Crippen molar-refractivity contribution >= 4 is 17.5 Å². The van der Waals surface area contributed by atoms with Gasteiger partial charge in [-0.2, -0.15) is 0 Å². The van der Waals surface area contributed by atoms with Gasteiger partial charge in [0.05, 0.1) is 5.25 Å². The van der Waals surface area contributed by atoms with Crippen molar-refractivity contribution in [2.24, 2.45) is 5.41 Å². The minimum Gasteiger partial charge on any atom is -0.293 e. The second kappa shape index (κ2) is 7.14. The summed E-state index contributed by atoms with van der Waals surface area (Å²) in [4.78, 5) is 12.7. The predicted molar refractivity (Wildman–Crippen MR) is 86.1 cm³/mol. The van der Waals surface area contributed by atoms with Crippen LogP contribution in [0.3, 0.4) is 0 Å². The molecule has 1 atom stereocenters. The van der Waals surface area contributed by atoms with E-state index in [-0.39, 0.29) is 16.4 Å². The van der Waals surface area contributed by atoms with E-state index in [9.17, 15) is 4.79 Å². The van der Waals surface area contributed by atoms with Crippen LogP contribution in [0.4, 0.5) is 0 Å². The van der Waals surface area contributed by atoms with Gasteiger partial charge in [-0.15, -0.1) is 11.8 Å². The summed E-state index contributed by atoms with van der Waals surface area (Å²) in [7, 11) is 0. The van der Waals surface area contributed by atoms with Gasteiger partial charge in [0, 0.05) is 5.56 Å². The lowest BCUT2D eigenvalue weighted by atomic mass is 9.87. The van der Waals surface area contributed by atoms with Gasteiger partial charge < -0.3 is 0 Å². The van der Waals surface area contributed by atoms with Crippen molar-refractivity contribution in [1.82, 2.24) is 0 Å². The van der Waals surface area contributed by atoms with Crippen molar-refractivity contribution in [3.05, 3.63) is 35.4 Å². The molecule has 0 amide bonds. The van der Waals surface area contributed by atoms with E-state index in [1.807, 2.05) is 43.0 Å². The molecule has 1 nitrogen and oxygen atoms in total. The highest BCUT2D eigenvalue weighted by Crippen LogP contribution is 2.33. The predicted octanol–water partition coefficient (Wildman–Crippen LogP) is 5.13. The largest absolute Gasteiger partial charge is 0.293 e. The van der Waals surface area contributed by atoms with E-state index in [0.29, 0.717) is 0 Å². The third kappa shape index (κ3) is 5.02. The van der Waals surface area contributed by atoms with Crippen molar-refractivity contribution < 1.29 is 4.79 Å². The molecule has 1 aromatic rings. The van der Waals surface area contributed by atoms with E-state index in [0.717, 1.165) is 11.3 Å². The van der Waals surface area contributed by atoms with Crippen LogP contribution >= 0.6 is 11.8 Å². The number of benzene rings is 1. The topological polar surface area (TPSA) is 17.1 Å². The van der Waals surface area contributed by atoms with E-state index in [2.05, 4.69) is 27.7 Å². The van der Waals surface area contributed by atoms with Crippen molar-refractivity contribution in [3.63, 3.8) is 0 Å². The van der Waals surface area contributed by atoms with Gasteiger partial charge in [0.2, 0.25) is 0 Å². The summed E-state index contributed by atoms with van der Waals surface area (Å²) >= 11 is 1.81. The molecular weight excluding hydrogens is 252 g/mol. The number of carbonyl (C=O) groups is 1. The molecule has 0 fully saturated rings. The Morgan fingerprint density at radius 1 is 1.21 bits per heavy atom. The molecule has 1 aromatic carbocycles. The average Bonchev–Trinajstić information content (AvgIpc) is 2.33. The number of aryl methyl sites for hydroxylation is 1. The zero-order valence-electron chi connectivity index (χ0n) is 12.8. The molecule has 0 saturated carbocycles. The molecule has 19 heavy (non-hydrogen) atoms. The summed E-state index contributed by atoms with van der Waals surface area (Å²) in [5.74, 6) is 1.34. The van der Waals surface area contributed by atoms with Crippen LogP contribution in [0.15, 0.2) is 24.3 Å². The lowest BCUT2D eigenvalue weighted by molar-refractivity contribution is 0.0950. The summed E-state index contributed by atoms with van der Waals surface area (Å²) in [6.07, 6.45) is 2.36. The highest BCUT2D eigenvalue weighted by Gasteiger charge is 2.31. The van der Waals surface area contributed by atoms with E-state index >= 15 is 0 Å². The molecule has 0 radical (unpaired) electrons. The lowest BCUT2D eigenvalue weighted by Gasteiger charge is -2.29. The molecular formula is C17H26OS. The van der Waals surface area contributed by atoms with Crippen molar-refractivity contribution in [1.29, 1.82) is 0 Å². The molecule has 0 aliphatic rings. The summed E-state index contributed by atoms with van der Waals surface area (Å²) in [5.41, 5.74) is 2.04. The van der Waals surface area contributed by atoms with Crippen LogP contribution in [-0.2, 0) is 0 Å². The Hall–Kier alpha value is -0.760. The number of unbranched alkanes of at least 4 members (excludes halogenated alkanes) is 1. The fourth-order valence-corrected chi connectivity index (χ4v) is 3.41. The van der Waals surface area contributed by atoms with E-state index < -0.39 is 0 Å². The van der Waals surface area contributed by atoms with E-state index in [1.54, 1.807) is 0 Å². The maximum atomic E-state index is 12.7. The monoisotopic (exact) mass is 278 g/mol. The minimum atomic E-state index is 0.000375. The lowest BCUT2D eigenvalue weighted by Crippen LogP contribution is -2.32.